The Bertz CT molecular complexity index is 1180. The summed E-state index contributed by atoms with van der Waals surface area (Å²) in [6, 6.07) is 26.6. The number of carbonyl (C=O) groups is 1. The van der Waals surface area contributed by atoms with Gasteiger partial charge in [-0.3, -0.25) is 4.79 Å². The highest BCUT2D eigenvalue weighted by molar-refractivity contribution is 6.54. The van der Waals surface area contributed by atoms with Crippen LogP contribution >= 0.6 is 23.2 Å². The van der Waals surface area contributed by atoms with Crippen molar-refractivity contribution in [2.24, 2.45) is 0 Å². The molecule has 31 heavy (non-hydrogen) atoms. The van der Waals surface area contributed by atoms with E-state index in [1.807, 2.05) is 66.7 Å². The highest BCUT2D eigenvalue weighted by atomic mass is 35.5. The summed E-state index contributed by atoms with van der Waals surface area (Å²) in [5.74, 6) is 0.767. The van der Waals surface area contributed by atoms with E-state index >= 15 is 0 Å². The number of aromatic nitrogens is 1. The van der Waals surface area contributed by atoms with Gasteiger partial charge in [-0.25, -0.2) is 0 Å². The highest BCUT2D eigenvalue weighted by Gasteiger charge is 2.15. The second-order valence-corrected chi connectivity index (χ2v) is 7.81. The van der Waals surface area contributed by atoms with Crippen LogP contribution in [0.4, 0.5) is 5.69 Å². The van der Waals surface area contributed by atoms with Gasteiger partial charge in [0, 0.05) is 22.9 Å². The summed E-state index contributed by atoms with van der Waals surface area (Å²) in [4.78, 5) is 10.6. The number of ether oxygens (including phenoxy) is 1. The summed E-state index contributed by atoms with van der Waals surface area (Å²) >= 11 is 11.2. The number of anilines is 1. The number of hydrogen-bond acceptors (Lipinski definition) is 4. The number of nitrogens with one attached hydrogen (secondary N) is 1. The molecule has 0 saturated heterocycles. The van der Waals surface area contributed by atoms with E-state index in [9.17, 15) is 4.79 Å². The minimum absolute atomic E-state index is 0.451. The number of para-hydroxylation sites is 1. The van der Waals surface area contributed by atoms with Crippen molar-refractivity contribution in [2.45, 2.75) is 11.4 Å². The molecule has 5 nitrogen and oxygen atoms in total. The van der Waals surface area contributed by atoms with E-state index in [-0.39, 0.29) is 0 Å². The van der Waals surface area contributed by atoms with Gasteiger partial charge in [-0.05, 0) is 29.8 Å². The maximum Gasteiger partial charge on any atom is 0.257 e. The molecule has 1 aromatic heterocycles. The van der Waals surface area contributed by atoms with Crippen molar-refractivity contribution >= 4 is 34.8 Å². The molecule has 0 aliphatic rings. The Labute approximate surface area is 189 Å². The van der Waals surface area contributed by atoms with Crippen molar-refractivity contribution < 1.29 is 14.1 Å². The first-order valence-corrected chi connectivity index (χ1v) is 10.4. The van der Waals surface area contributed by atoms with Crippen LogP contribution in [0.5, 0.6) is 5.75 Å². The van der Waals surface area contributed by atoms with Crippen molar-refractivity contribution in [2.75, 3.05) is 5.32 Å². The minimum atomic E-state index is -1.15. The van der Waals surface area contributed by atoms with Gasteiger partial charge in [0.15, 0.2) is 10.6 Å². The van der Waals surface area contributed by atoms with Gasteiger partial charge in [0.25, 0.3) is 5.91 Å². The topological polar surface area (TPSA) is 64.4 Å². The molecule has 1 heterocycles. The molecular weight excluding hydrogens is 435 g/mol. The van der Waals surface area contributed by atoms with Crippen LogP contribution in [0, 0.1) is 0 Å². The van der Waals surface area contributed by atoms with E-state index in [0.717, 1.165) is 16.7 Å². The van der Waals surface area contributed by atoms with Crippen molar-refractivity contribution in [3.8, 4) is 28.3 Å². The van der Waals surface area contributed by atoms with E-state index < -0.39 is 10.7 Å². The maximum atomic E-state index is 11.7. The number of amides is 1. The highest BCUT2D eigenvalue weighted by Crippen LogP contribution is 2.33. The first-order valence-electron chi connectivity index (χ1n) is 9.52. The molecule has 156 valence electrons. The summed E-state index contributed by atoms with van der Waals surface area (Å²) in [5.41, 5.74) is 3.85. The molecular formula is C24H18Cl2N2O3. The molecule has 0 fully saturated rings. The van der Waals surface area contributed by atoms with Crippen molar-refractivity contribution in [3.63, 3.8) is 0 Å². The average molecular weight is 453 g/mol. The molecule has 1 amide bonds. The monoisotopic (exact) mass is 452 g/mol. The van der Waals surface area contributed by atoms with Gasteiger partial charge in [-0.15, -0.1) is 0 Å². The summed E-state index contributed by atoms with van der Waals surface area (Å²) < 4.78 is 11.6. The molecule has 0 atom stereocenters. The fourth-order valence-corrected chi connectivity index (χ4v) is 3.13. The quantitative estimate of drug-likeness (QED) is 0.332. The van der Waals surface area contributed by atoms with Gasteiger partial charge in [0.1, 0.15) is 18.1 Å². The molecule has 0 unspecified atom stereocenters. The molecule has 0 aliphatic heterocycles. The predicted molar refractivity (Wildman–Crippen MR) is 122 cm³/mol. The molecule has 0 saturated carbocycles. The normalized spacial score (nSPS) is 10.8. The van der Waals surface area contributed by atoms with E-state index in [1.165, 1.54) is 0 Å². The van der Waals surface area contributed by atoms with E-state index in [2.05, 4.69) is 10.5 Å². The Hall–Kier alpha value is -3.28. The van der Waals surface area contributed by atoms with Crippen LogP contribution in [-0.4, -0.2) is 15.9 Å². The van der Waals surface area contributed by atoms with Gasteiger partial charge in [-0.2, -0.15) is 0 Å². The lowest BCUT2D eigenvalue weighted by atomic mass is 10.1. The van der Waals surface area contributed by atoms with Gasteiger partial charge in [0.2, 0.25) is 0 Å². The van der Waals surface area contributed by atoms with Crippen LogP contribution in [0.25, 0.3) is 22.6 Å². The third-order valence-electron chi connectivity index (χ3n) is 4.52. The first kappa shape index (κ1) is 21.0. The van der Waals surface area contributed by atoms with Crippen LogP contribution in [0.15, 0.2) is 89.5 Å². The maximum absolute atomic E-state index is 11.7. The second-order valence-electron chi connectivity index (χ2n) is 6.72. The first-order chi connectivity index (χ1) is 15.1. The van der Waals surface area contributed by atoms with E-state index in [4.69, 9.17) is 32.5 Å². The number of benzene rings is 3. The van der Waals surface area contributed by atoms with Gasteiger partial charge >= 0.3 is 0 Å². The lowest BCUT2D eigenvalue weighted by Crippen LogP contribution is -2.18. The van der Waals surface area contributed by atoms with Gasteiger partial charge in [0.05, 0.1) is 0 Å². The zero-order valence-corrected chi connectivity index (χ0v) is 17.8. The predicted octanol–water partition coefficient (Wildman–Crippen LogP) is 6.33. The molecule has 0 radical (unpaired) electrons. The largest absolute Gasteiger partial charge is 0.488 e. The Morgan fingerprint density at radius 3 is 2.55 bits per heavy atom. The van der Waals surface area contributed by atoms with Gasteiger partial charge < -0.3 is 14.6 Å². The number of rotatable bonds is 7. The summed E-state index contributed by atoms with van der Waals surface area (Å²) in [7, 11) is 0. The smallest absolute Gasteiger partial charge is 0.257 e. The average Bonchev–Trinajstić information content (AvgIpc) is 3.29. The fourth-order valence-electron chi connectivity index (χ4n) is 3.02. The summed E-state index contributed by atoms with van der Waals surface area (Å²) in [5, 5.41) is 6.86. The van der Waals surface area contributed by atoms with Crippen LogP contribution in [0.1, 0.15) is 5.56 Å². The Kier molecular flexibility index (Phi) is 6.55. The van der Waals surface area contributed by atoms with Crippen LogP contribution < -0.4 is 10.1 Å². The zero-order chi connectivity index (χ0) is 21.6. The van der Waals surface area contributed by atoms with E-state index in [1.54, 1.807) is 18.2 Å². The van der Waals surface area contributed by atoms with Crippen LogP contribution in [0.2, 0.25) is 0 Å². The molecule has 0 aliphatic carbocycles. The molecule has 7 heteroatoms. The fraction of sp³-hybridized carbons (Fsp3) is 0.0833. The zero-order valence-electron chi connectivity index (χ0n) is 16.3. The van der Waals surface area contributed by atoms with Crippen molar-refractivity contribution in [1.82, 2.24) is 5.16 Å². The number of carbonyl (C=O) groups excluding carboxylic acids is 1. The Morgan fingerprint density at radius 2 is 1.74 bits per heavy atom. The number of alkyl halides is 2. The summed E-state index contributed by atoms with van der Waals surface area (Å²) in [6.45, 7) is 0.451. The molecule has 0 bridgehead atoms. The molecule has 4 rings (SSSR count). The van der Waals surface area contributed by atoms with Crippen molar-refractivity contribution in [1.29, 1.82) is 0 Å². The Morgan fingerprint density at radius 1 is 0.968 bits per heavy atom. The molecule has 3 aromatic carbocycles. The second kappa shape index (κ2) is 9.69. The van der Waals surface area contributed by atoms with Crippen LogP contribution in [-0.2, 0) is 11.4 Å². The van der Waals surface area contributed by atoms with Crippen LogP contribution in [0.3, 0.4) is 0 Å². The molecule has 1 N–H and O–H groups in total. The minimum Gasteiger partial charge on any atom is -0.488 e. The molecule has 4 aromatic rings. The van der Waals surface area contributed by atoms with Crippen molar-refractivity contribution in [3.05, 3.63) is 90.5 Å². The molecule has 0 spiro atoms. The number of hydrogen-bond donors (Lipinski definition) is 1. The summed E-state index contributed by atoms with van der Waals surface area (Å²) in [6.07, 6.45) is 0. The third kappa shape index (κ3) is 5.26. The SMILES string of the molecule is O=C(Nc1cccc(-c2cc(-c3ccccc3OCc3ccccc3)no2)c1)C(Cl)Cl. The van der Waals surface area contributed by atoms with Gasteiger partial charge in [-0.1, -0.05) is 83.0 Å². The lowest BCUT2D eigenvalue weighted by molar-refractivity contribution is -0.114. The van der Waals surface area contributed by atoms with E-state index in [0.29, 0.717) is 29.5 Å². The number of nitrogens with zero attached hydrogens (tertiary/aromatic N) is 1. The lowest BCUT2D eigenvalue weighted by Gasteiger charge is -2.09. The standard InChI is InChI=1S/C24H18Cl2N2O3/c25-23(26)24(29)27-18-10-6-9-17(13-18)22-14-20(28-31-22)19-11-4-5-12-21(19)30-15-16-7-2-1-3-8-16/h1-14,23H,15H2,(H,27,29). The third-order valence-corrected chi connectivity index (χ3v) is 4.92. The number of halogens is 2. The Balaban J connectivity index is 1.55.